The van der Waals surface area contributed by atoms with E-state index in [-0.39, 0.29) is 70.6 Å². The van der Waals surface area contributed by atoms with Crippen molar-refractivity contribution in [3.05, 3.63) is 0 Å². The summed E-state index contributed by atoms with van der Waals surface area (Å²) in [7, 11) is -5.17. The summed E-state index contributed by atoms with van der Waals surface area (Å²) in [4.78, 5) is 0. The average molecular weight is 281 g/mol. The minimum Gasteiger partial charge on any atom is -0.759 e. The maximum Gasteiger partial charge on any atom is 2.00 e. The van der Waals surface area contributed by atoms with E-state index in [1.165, 1.54) is 0 Å². The zero-order chi connectivity index (χ0) is 4.50. The molecule has 7 heavy (non-hydrogen) atoms. The van der Waals surface area contributed by atoms with Gasteiger partial charge in [0.1, 0.15) is 0 Å². The molecule has 0 aliphatic heterocycles. The molecule has 0 atom stereocenters. The van der Waals surface area contributed by atoms with Crippen LogP contribution in [0.5, 0.6) is 0 Å². The second kappa shape index (κ2) is 6.28. The Balaban J connectivity index is -0.0000000800. The van der Waals surface area contributed by atoms with Gasteiger partial charge in [-0.25, -0.2) is 0 Å². The van der Waals surface area contributed by atoms with Crippen LogP contribution in [-0.4, -0.2) is 66.4 Å². The van der Waals surface area contributed by atoms with Crippen molar-refractivity contribution in [2.75, 3.05) is 0 Å². The number of rotatable bonds is 0. The molecular weight excluding hydrogens is 281 g/mol. The van der Waals surface area contributed by atoms with Gasteiger partial charge in [0.2, 0.25) is 0 Å². The van der Waals surface area contributed by atoms with Crippen molar-refractivity contribution in [1.82, 2.24) is 0 Å². The Bertz CT molecular complexity index is 94.9. The van der Waals surface area contributed by atoms with E-state index in [4.69, 9.17) is 17.5 Å². The predicted octanol–water partition coefficient (Wildman–Crippen LogP) is -1.72. The van der Waals surface area contributed by atoms with E-state index in [2.05, 4.69) is 0 Å². The summed E-state index contributed by atoms with van der Waals surface area (Å²) in [6.45, 7) is 0. The molecule has 0 aromatic carbocycles. The Morgan fingerprint density at radius 1 is 1.14 bits per heavy atom. The van der Waals surface area contributed by atoms with Crippen LogP contribution in [0.4, 0.5) is 0 Å². The van der Waals surface area contributed by atoms with E-state index >= 15 is 0 Å². The largest absolute Gasteiger partial charge is 2.00 e. The van der Waals surface area contributed by atoms with E-state index in [0.717, 1.165) is 0 Å². The van der Waals surface area contributed by atoms with E-state index in [9.17, 15) is 0 Å². The van der Waals surface area contributed by atoms with Crippen molar-refractivity contribution in [3.63, 3.8) is 0 Å². The van der Waals surface area contributed by atoms with E-state index in [0.29, 0.717) is 0 Å². The van der Waals surface area contributed by atoms with Gasteiger partial charge >= 0.3 is 48.9 Å². The monoisotopic (exact) mass is 282 g/mol. The maximum absolute atomic E-state index is 8.52. The molecule has 7 heteroatoms. The standard InChI is InChI=1S/Ba.H2O4S.Ti/c;1-5(2,3)4;/h;(H2,1,2,3,4);/q+2;;/p-2. The Hall–Kier alpha value is 2.16. The molecule has 0 bridgehead atoms. The fourth-order valence-electron chi connectivity index (χ4n) is 0. The Kier molecular flexibility index (Phi) is 14.4. The summed E-state index contributed by atoms with van der Waals surface area (Å²) < 4.78 is 34.1. The molecule has 0 saturated heterocycles. The molecule has 4 nitrogen and oxygen atoms in total. The Morgan fingerprint density at radius 2 is 1.14 bits per heavy atom. The summed E-state index contributed by atoms with van der Waals surface area (Å²) in [6.07, 6.45) is 0. The quantitative estimate of drug-likeness (QED) is 0.300. The first-order valence-electron chi connectivity index (χ1n) is 0.667. The zero-order valence-electron chi connectivity index (χ0n) is 3.25. The normalized spacial score (nSPS) is 8.29. The first-order valence-corrected chi connectivity index (χ1v) is 2.00. The summed E-state index contributed by atoms with van der Waals surface area (Å²) >= 11 is 0. The van der Waals surface area contributed by atoms with Gasteiger partial charge in [0.15, 0.2) is 0 Å². The summed E-state index contributed by atoms with van der Waals surface area (Å²) in [5.41, 5.74) is 0. The van der Waals surface area contributed by atoms with Crippen LogP contribution in [0, 0.1) is 0 Å². The Morgan fingerprint density at radius 3 is 1.14 bits per heavy atom. The molecular formula is BaO4STi. The van der Waals surface area contributed by atoms with Crippen molar-refractivity contribution in [1.29, 1.82) is 0 Å². The van der Waals surface area contributed by atoms with Crippen molar-refractivity contribution >= 4 is 59.3 Å². The van der Waals surface area contributed by atoms with Crippen LogP contribution >= 0.6 is 0 Å². The van der Waals surface area contributed by atoms with Crippen molar-refractivity contribution in [2.45, 2.75) is 0 Å². The topological polar surface area (TPSA) is 80.3 Å². The molecule has 0 aliphatic carbocycles. The van der Waals surface area contributed by atoms with Crippen LogP contribution in [0.2, 0.25) is 0 Å². The molecule has 0 fully saturated rings. The summed E-state index contributed by atoms with van der Waals surface area (Å²) in [6, 6.07) is 0. The minimum absolute atomic E-state index is 0. The fourth-order valence-corrected chi connectivity index (χ4v) is 0. The van der Waals surface area contributed by atoms with Crippen LogP contribution in [0.15, 0.2) is 0 Å². The van der Waals surface area contributed by atoms with Gasteiger partial charge in [-0.3, -0.25) is 8.42 Å². The van der Waals surface area contributed by atoms with Crippen LogP contribution in [0.25, 0.3) is 0 Å². The van der Waals surface area contributed by atoms with Gasteiger partial charge in [-0.2, -0.15) is 0 Å². The molecule has 0 N–H and O–H groups in total. The van der Waals surface area contributed by atoms with E-state index < -0.39 is 10.4 Å². The van der Waals surface area contributed by atoms with Crippen LogP contribution < -0.4 is 0 Å². The molecule has 0 aliphatic rings. The van der Waals surface area contributed by atoms with Gasteiger partial charge in [0.25, 0.3) is 0 Å². The Labute approximate surface area is 96.6 Å². The third kappa shape index (κ3) is 66.5. The van der Waals surface area contributed by atoms with Gasteiger partial charge in [-0.05, 0) is 0 Å². The van der Waals surface area contributed by atoms with Gasteiger partial charge in [0.05, 0.1) is 0 Å². The maximum atomic E-state index is 8.52. The van der Waals surface area contributed by atoms with Crippen LogP contribution in [0.1, 0.15) is 0 Å². The molecule has 0 saturated carbocycles. The third-order valence-electron chi connectivity index (χ3n) is 0. The summed E-state index contributed by atoms with van der Waals surface area (Å²) in [5.74, 6) is 0. The van der Waals surface area contributed by atoms with Crippen LogP contribution in [0.3, 0.4) is 0 Å². The molecule has 0 unspecified atom stereocenters. The van der Waals surface area contributed by atoms with Crippen molar-refractivity contribution in [3.8, 4) is 0 Å². The van der Waals surface area contributed by atoms with Gasteiger partial charge in [-0.15, -0.1) is 0 Å². The van der Waals surface area contributed by atoms with Crippen LogP contribution in [-0.2, 0) is 32.1 Å². The molecule has 0 heterocycles. The first-order chi connectivity index (χ1) is 2.00. The minimum atomic E-state index is -5.17. The molecule has 36 valence electrons. The van der Waals surface area contributed by atoms with Crippen molar-refractivity contribution < 1.29 is 39.2 Å². The van der Waals surface area contributed by atoms with E-state index in [1.807, 2.05) is 0 Å². The summed E-state index contributed by atoms with van der Waals surface area (Å²) in [5, 5.41) is 0. The number of hydrogen-bond donors (Lipinski definition) is 0. The second-order valence-corrected chi connectivity index (χ2v) is 1.22. The smallest absolute Gasteiger partial charge is 0.759 e. The third-order valence-corrected chi connectivity index (χ3v) is 0. The van der Waals surface area contributed by atoms with Crippen molar-refractivity contribution in [2.24, 2.45) is 0 Å². The molecule has 0 aromatic rings. The molecule has 0 radical (unpaired) electrons. The zero-order valence-corrected chi connectivity index (χ0v) is 10.1. The van der Waals surface area contributed by atoms with Gasteiger partial charge in [0, 0.05) is 32.1 Å². The molecule has 0 rings (SSSR count). The molecule has 0 aromatic heterocycles. The average Bonchev–Trinajstić information content (AvgIpc) is 0.722. The SMILES string of the molecule is O=S(=O)([O-])[O-].[Ba+2].[Ti]. The predicted molar refractivity (Wildman–Crippen MR) is 16.2 cm³/mol. The van der Waals surface area contributed by atoms with Gasteiger partial charge in [-0.1, -0.05) is 0 Å². The molecule has 0 spiro atoms. The van der Waals surface area contributed by atoms with Gasteiger partial charge < -0.3 is 9.11 Å². The number of hydrogen-bond acceptors (Lipinski definition) is 4. The first kappa shape index (κ1) is 16.1. The second-order valence-electron chi connectivity index (χ2n) is 0.408. The fraction of sp³-hybridized carbons (Fsp3) is 0. The van der Waals surface area contributed by atoms with E-state index in [1.54, 1.807) is 0 Å². The molecule has 0 amide bonds.